The molecule has 2 rings (SSSR count). The summed E-state index contributed by atoms with van der Waals surface area (Å²) in [5.74, 6) is 0.831. The van der Waals surface area contributed by atoms with Gasteiger partial charge in [0.2, 0.25) is 0 Å². The van der Waals surface area contributed by atoms with Crippen LogP contribution in [-0.2, 0) is 6.42 Å². The zero-order chi connectivity index (χ0) is 15.1. The summed E-state index contributed by atoms with van der Waals surface area (Å²) in [5, 5.41) is 6.25. The van der Waals surface area contributed by atoms with Gasteiger partial charge in [0.1, 0.15) is 5.76 Å². The fourth-order valence-corrected chi connectivity index (χ4v) is 2.12. The van der Waals surface area contributed by atoms with Crippen molar-refractivity contribution in [2.75, 3.05) is 18.4 Å². The van der Waals surface area contributed by atoms with E-state index in [1.54, 1.807) is 6.26 Å². The molecule has 1 heterocycles. The van der Waals surface area contributed by atoms with E-state index in [-0.39, 0.29) is 5.91 Å². The second kappa shape index (κ2) is 7.53. The SMILES string of the molecule is CCCNc1ccc(C(=O)NCCc2ccco2)cc1C. The van der Waals surface area contributed by atoms with Crippen LogP contribution in [0.4, 0.5) is 5.69 Å². The van der Waals surface area contributed by atoms with Gasteiger partial charge >= 0.3 is 0 Å². The number of benzene rings is 1. The van der Waals surface area contributed by atoms with E-state index >= 15 is 0 Å². The second-order valence-corrected chi connectivity index (χ2v) is 5.04. The van der Waals surface area contributed by atoms with E-state index in [4.69, 9.17) is 4.42 Å². The van der Waals surface area contributed by atoms with Crippen molar-refractivity contribution < 1.29 is 9.21 Å². The molecule has 112 valence electrons. The molecule has 0 unspecified atom stereocenters. The molecular weight excluding hydrogens is 264 g/mol. The zero-order valence-electron chi connectivity index (χ0n) is 12.6. The number of rotatable bonds is 7. The highest BCUT2D eigenvalue weighted by molar-refractivity contribution is 5.94. The molecule has 0 fully saturated rings. The Hall–Kier alpha value is -2.23. The molecule has 21 heavy (non-hydrogen) atoms. The molecule has 1 aromatic heterocycles. The first-order valence-corrected chi connectivity index (χ1v) is 7.36. The summed E-state index contributed by atoms with van der Waals surface area (Å²) in [7, 11) is 0. The molecule has 1 amide bonds. The Morgan fingerprint density at radius 3 is 2.76 bits per heavy atom. The van der Waals surface area contributed by atoms with Gasteiger partial charge in [-0.3, -0.25) is 4.79 Å². The van der Waals surface area contributed by atoms with Crippen LogP contribution in [0, 0.1) is 6.92 Å². The number of hydrogen-bond donors (Lipinski definition) is 2. The molecule has 0 saturated heterocycles. The van der Waals surface area contributed by atoms with Gasteiger partial charge in [0.05, 0.1) is 6.26 Å². The number of carbonyl (C=O) groups excluding carboxylic acids is 1. The topological polar surface area (TPSA) is 54.3 Å². The standard InChI is InChI=1S/C17H22N2O2/c1-3-9-18-16-7-6-14(12-13(16)2)17(20)19-10-8-15-5-4-11-21-15/h4-7,11-12,18H,3,8-10H2,1-2H3,(H,19,20). The predicted octanol–water partition coefficient (Wildman–Crippen LogP) is 3.38. The van der Waals surface area contributed by atoms with E-state index < -0.39 is 0 Å². The van der Waals surface area contributed by atoms with Crippen LogP contribution in [-0.4, -0.2) is 19.0 Å². The minimum absolute atomic E-state index is 0.0494. The maximum absolute atomic E-state index is 12.1. The number of aryl methyl sites for hydroxylation is 1. The number of furan rings is 1. The van der Waals surface area contributed by atoms with Crippen LogP contribution in [0.2, 0.25) is 0 Å². The van der Waals surface area contributed by atoms with Crippen LogP contribution < -0.4 is 10.6 Å². The molecule has 4 heteroatoms. The fourth-order valence-electron chi connectivity index (χ4n) is 2.12. The van der Waals surface area contributed by atoms with E-state index in [1.807, 2.05) is 37.3 Å². The van der Waals surface area contributed by atoms with Crippen molar-refractivity contribution in [3.05, 3.63) is 53.5 Å². The molecule has 0 aliphatic carbocycles. The van der Waals surface area contributed by atoms with Gasteiger partial charge in [-0.05, 0) is 49.2 Å². The van der Waals surface area contributed by atoms with E-state index in [0.717, 1.165) is 30.0 Å². The highest BCUT2D eigenvalue weighted by Crippen LogP contribution is 2.16. The molecule has 2 aromatic rings. The fraction of sp³-hybridized carbons (Fsp3) is 0.353. The summed E-state index contributed by atoms with van der Waals surface area (Å²) in [5.41, 5.74) is 2.86. The number of anilines is 1. The summed E-state index contributed by atoms with van der Waals surface area (Å²) in [6.07, 6.45) is 3.42. The van der Waals surface area contributed by atoms with Gasteiger partial charge in [0.15, 0.2) is 0 Å². The van der Waals surface area contributed by atoms with E-state index in [1.165, 1.54) is 0 Å². The highest BCUT2D eigenvalue weighted by atomic mass is 16.3. The number of carbonyl (C=O) groups is 1. The monoisotopic (exact) mass is 286 g/mol. The van der Waals surface area contributed by atoms with Gasteiger partial charge in [-0.2, -0.15) is 0 Å². The minimum Gasteiger partial charge on any atom is -0.469 e. The third-order valence-corrected chi connectivity index (χ3v) is 3.29. The third kappa shape index (κ3) is 4.38. The maximum Gasteiger partial charge on any atom is 0.251 e. The highest BCUT2D eigenvalue weighted by Gasteiger charge is 2.07. The lowest BCUT2D eigenvalue weighted by Crippen LogP contribution is -2.25. The number of hydrogen-bond acceptors (Lipinski definition) is 3. The molecular formula is C17H22N2O2. The molecule has 0 bridgehead atoms. The lowest BCUT2D eigenvalue weighted by Gasteiger charge is -2.10. The van der Waals surface area contributed by atoms with Crippen LogP contribution in [0.25, 0.3) is 0 Å². The Kier molecular flexibility index (Phi) is 5.43. The van der Waals surface area contributed by atoms with Crippen LogP contribution in [0.5, 0.6) is 0 Å². The molecule has 0 atom stereocenters. The van der Waals surface area contributed by atoms with Crippen molar-refractivity contribution in [3.63, 3.8) is 0 Å². The quantitative estimate of drug-likeness (QED) is 0.820. The van der Waals surface area contributed by atoms with Crippen LogP contribution >= 0.6 is 0 Å². The first kappa shape index (κ1) is 15.2. The second-order valence-electron chi connectivity index (χ2n) is 5.04. The molecule has 0 radical (unpaired) electrons. The smallest absolute Gasteiger partial charge is 0.251 e. The van der Waals surface area contributed by atoms with E-state index in [2.05, 4.69) is 17.6 Å². The normalized spacial score (nSPS) is 10.4. The maximum atomic E-state index is 12.1. The van der Waals surface area contributed by atoms with Crippen molar-refractivity contribution in [2.24, 2.45) is 0 Å². The Morgan fingerprint density at radius 1 is 1.24 bits per heavy atom. The van der Waals surface area contributed by atoms with Crippen molar-refractivity contribution in [1.82, 2.24) is 5.32 Å². The predicted molar refractivity (Wildman–Crippen MR) is 84.7 cm³/mol. The van der Waals surface area contributed by atoms with Gasteiger partial charge in [-0.15, -0.1) is 0 Å². The zero-order valence-corrected chi connectivity index (χ0v) is 12.6. The molecule has 1 aromatic carbocycles. The minimum atomic E-state index is -0.0494. The Labute approximate surface area is 125 Å². The Morgan fingerprint density at radius 2 is 2.10 bits per heavy atom. The summed E-state index contributed by atoms with van der Waals surface area (Å²) in [6, 6.07) is 9.49. The van der Waals surface area contributed by atoms with Gasteiger partial charge in [0, 0.05) is 30.8 Å². The lowest BCUT2D eigenvalue weighted by molar-refractivity contribution is 0.0953. The van der Waals surface area contributed by atoms with Crippen molar-refractivity contribution in [1.29, 1.82) is 0 Å². The largest absolute Gasteiger partial charge is 0.469 e. The summed E-state index contributed by atoms with van der Waals surface area (Å²) in [4.78, 5) is 12.1. The third-order valence-electron chi connectivity index (χ3n) is 3.29. The van der Waals surface area contributed by atoms with Crippen molar-refractivity contribution >= 4 is 11.6 Å². The summed E-state index contributed by atoms with van der Waals surface area (Å²) in [6.45, 7) is 5.65. The van der Waals surface area contributed by atoms with Gasteiger partial charge < -0.3 is 15.1 Å². The lowest BCUT2D eigenvalue weighted by atomic mass is 10.1. The van der Waals surface area contributed by atoms with Crippen LogP contribution in [0.3, 0.4) is 0 Å². The first-order chi connectivity index (χ1) is 10.2. The molecule has 0 aliphatic heterocycles. The average molecular weight is 286 g/mol. The van der Waals surface area contributed by atoms with Crippen LogP contribution in [0.15, 0.2) is 41.0 Å². The number of nitrogens with one attached hydrogen (secondary N) is 2. The molecule has 2 N–H and O–H groups in total. The Balaban J connectivity index is 1.88. The van der Waals surface area contributed by atoms with Crippen LogP contribution in [0.1, 0.15) is 35.0 Å². The van der Waals surface area contributed by atoms with E-state index in [9.17, 15) is 4.79 Å². The molecule has 0 saturated carbocycles. The summed E-state index contributed by atoms with van der Waals surface area (Å²) >= 11 is 0. The molecule has 0 aliphatic rings. The molecule has 4 nitrogen and oxygen atoms in total. The van der Waals surface area contributed by atoms with Gasteiger partial charge in [0.25, 0.3) is 5.91 Å². The van der Waals surface area contributed by atoms with Gasteiger partial charge in [-0.1, -0.05) is 6.92 Å². The van der Waals surface area contributed by atoms with Crippen molar-refractivity contribution in [3.8, 4) is 0 Å². The van der Waals surface area contributed by atoms with E-state index in [0.29, 0.717) is 18.5 Å². The Bertz CT molecular complexity index is 576. The van der Waals surface area contributed by atoms with Gasteiger partial charge in [-0.25, -0.2) is 0 Å². The van der Waals surface area contributed by atoms with Crippen molar-refractivity contribution in [2.45, 2.75) is 26.7 Å². The first-order valence-electron chi connectivity index (χ1n) is 7.36. The molecule has 0 spiro atoms. The number of amides is 1. The average Bonchev–Trinajstić information content (AvgIpc) is 2.99. The summed E-state index contributed by atoms with van der Waals surface area (Å²) < 4.78 is 5.23.